The monoisotopic (exact) mass is 263 g/mol. The van der Waals surface area contributed by atoms with E-state index in [4.69, 9.17) is 11.6 Å². The highest BCUT2D eigenvalue weighted by Crippen LogP contribution is 2.12. The summed E-state index contributed by atoms with van der Waals surface area (Å²) in [5, 5.41) is 2.69. The van der Waals surface area contributed by atoms with Crippen LogP contribution in [0.1, 0.15) is 15.9 Å². The van der Waals surface area contributed by atoms with Crippen molar-refractivity contribution < 1.29 is 9.18 Å². The first-order valence-electron chi connectivity index (χ1n) is 5.41. The van der Waals surface area contributed by atoms with Gasteiger partial charge < -0.3 is 5.32 Å². The SMILES string of the molecule is O=C(Nc1ccc(F)cc1)c1cccc(CCl)c1. The van der Waals surface area contributed by atoms with E-state index >= 15 is 0 Å². The van der Waals surface area contributed by atoms with E-state index in [9.17, 15) is 9.18 Å². The highest BCUT2D eigenvalue weighted by atomic mass is 35.5. The second-order valence-electron chi connectivity index (χ2n) is 3.80. The molecule has 0 saturated carbocycles. The van der Waals surface area contributed by atoms with E-state index in [1.165, 1.54) is 24.3 Å². The van der Waals surface area contributed by atoms with Crippen LogP contribution in [-0.2, 0) is 5.88 Å². The maximum Gasteiger partial charge on any atom is 0.255 e. The molecule has 0 heterocycles. The molecule has 0 aliphatic carbocycles. The summed E-state index contributed by atoms with van der Waals surface area (Å²) in [7, 11) is 0. The van der Waals surface area contributed by atoms with Crippen molar-refractivity contribution in [2.75, 3.05) is 5.32 Å². The molecule has 2 aromatic carbocycles. The maximum absolute atomic E-state index is 12.7. The van der Waals surface area contributed by atoms with E-state index in [0.29, 0.717) is 17.1 Å². The number of amides is 1. The van der Waals surface area contributed by atoms with E-state index in [1.54, 1.807) is 18.2 Å². The van der Waals surface area contributed by atoms with Crippen LogP contribution in [-0.4, -0.2) is 5.91 Å². The molecule has 0 unspecified atom stereocenters. The Kier molecular flexibility index (Phi) is 3.95. The molecule has 0 atom stereocenters. The third kappa shape index (κ3) is 3.08. The second kappa shape index (κ2) is 5.65. The van der Waals surface area contributed by atoms with Gasteiger partial charge in [-0.3, -0.25) is 4.79 Å². The van der Waals surface area contributed by atoms with E-state index in [2.05, 4.69) is 5.32 Å². The van der Waals surface area contributed by atoms with Crippen molar-refractivity contribution in [1.29, 1.82) is 0 Å². The molecule has 0 fully saturated rings. The zero-order valence-electron chi connectivity index (χ0n) is 9.49. The Morgan fingerprint density at radius 3 is 2.56 bits per heavy atom. The smallest absolute Gasteiger partial charge is 0.255 e. The van der Waals surface area contributed by atoms with Crippen molar-refractivity contribution in [2.45, 2.75) is 5.88 Å². The normalized spacial score (nSPS) is 10.1. The number of rotatable bonds is 3. The third-order valence-corrected chi connectivity index (χ3v) is 2.75. The number of nitrogens with one attached hydrogen (secondary N) is 1. The molecule has 0 bridgehead atoms. The molecular weight excluding hydrogens is 253 g/mol. The largest absolute Gasteiger partial charge is 0.322 e. The summed E-state index contributed by atoms with van der Waals surface area (Å²) in [6, 6.07) is 12.7. The Bertz CT molecular complexity index is 554. The average molecular weight is 264 g/mol. The fourth-order valence-electron chi connectivity index (χ4n) is 1.53. The molecule has 0 aliphatic heterocycles. The molecule has 2 aromatic rings. The predicted molar refractivity (Wildman–Crippen MR) is 70.4 cm³/mol. The van der Waals surface area contributed by atoms with Crippen molar-refractivity contribution in [3.63, 3.8) is 0 Å². The summed E-state index contributed by atoms with van der Waals surface area (Å²) in [6.07, 6.45) is 0. The fourth-order valence-corrected chi connectivity index (χ4v) is 1.70. The van der Waals surface area contributed by atoms with Gasteiger partial charge in [0.1, 0.15) is 5.82 Å². The first-order valence-corrected chi connectivity index (χ1v) is 5.94. The van der Waals surface area contributed by atoms with Crippen molar-refractivity contribution in [3.8, 4) is 0 Å². The van der Waals surface area contributed by atoms with Crippen LogP contribution in [0, 0.1) is 5.82 Å². The Morgan fingerprint density at radius 1 is 1.17 bits per heavy atom. The molecule has 0 aromatic heterocycles. The lowest BCUT2D eigenvalue weighted by Gasteiger charge is -2.06. The minimum Gasteiger partial charge on any atom is -0.322 e. The first-order chi connectivity index (χ1) is 8.69. The van der Waals surface area contributed by atoms with Crippen LogP contribution in [0.4, 0.5) is 10.1 Å². The molecule has 1 amide bonds. The molecule has 92 valence electrons. The summed E-state index contributed by atoms with van der Waals surface area (Å²) < 4.78 is 12.7. The maximum atomic E-state index is 12.7. The van der Waals surface area contributed by atoms with Gasteiger partial charge in [-0.1, -0.05) is 12.1 Å². The number of hydrogen-bond acceptors (Lipinski definition) is 1. The molecule has 0 saturated heterocycles. The van der Waals surface area contributed by atoms with Gasteiger partial charge in [-0.2, -0.15) is 0 Å². The zero-order valence-corrected chi connectivity index (χ0v) is 10.2. The van der Waals surface area contributed by atoms with Crippen LogP contribution in [0.25, 0.3) is 0 Å². The number of carbonyl (C=O) groups is 1. The summed E-state index contributed by atoms with van der Waals surface area (Å²) in [6.45, 7) is 0. The predicted octanol–water partition coefficient (Wildman–Crippen LogP) is 3.82. The third-order valence-electron chi connectivity index (χ3n) is 2.45. The highest BCUT2D eigenvalue weighted by Gasteiger charge is 2.06. The van der Waals surface area contributed by atoms with Crippen molar-refractivity contribution in [2.24, 2.45) is 0 Å². The van der Waals surface area contributed by atoms with Crippen LogP contribution in [0.15, 0.2) is 48.5 Å². The van der Waals surface area contributed by atoms with E-state index in [1.807, 2.05) is 6.07 Å². The molecule has 2 rings (SSSR count). The lowest BCUT2D eigenvalue weighted by atomic mass is 10.1. The van der Waals surface area contributed by atoms with Gasteiger partial charge in [0.2, 0.25) is 0 Å². The van der Waals surface area contributed by atoms with Gasteiger partial charge in [0.25, 0.3) is 5.91 Å². The van der Waals surface area contributed by atoms with Crippen LogP contribution >= 0.6 is 11.6 Å². The van der Waals surface area contributed by atoms with Gasteiger partial charge in [0.05, 0.1) is 0 Å². The summed E-state index contributed by atoms with van der Waals surface area (Å²) in [4.78, 5) is 11.9. The molecule has 0 aliphatic rings. The number of benzene rings is 2. The van der Waals surface area contributed by atoms with Gasteiger partial charge in [0.15, 0.2) is 0 Å². The van der Waals surface area contributed by atoms with E-state index in [-0.39, 0.29) is 11.7 Å². The topological polar surface area (TPSA) is 29.1 Å². The molecule has 0 spiro atoms. The van der Waals surface area contributed by atoms with E-state index < -0.39 is 0 Å². The average Bonchev–Trinajstić information content (AvgIpc) is 2.41. The Labute approximate surface area is 109 Å². The van der Waals surface area contributed by atoms with Crippen molar-refractivity contribution in [3.05, 3.63) is 65.5 Å². The number of hydrogen-bond donors (Lipinski definition) is 1. The standard InChI is InChI=1S/C14H11ClFNO/c15-9-10-2-1-3-11(8-10)14(18)17-13-6-4-12(16)5-7-13/h1-8H,9H2,(H,17,18). The Morgan fingerprint density at radius 2 is 1.89 bits per heavy atom. The Balaban J connectivity index is 2.14. The minimum atomic E-state index is -0.336. The van der Waals surface area contributed by atoms with Gasteiger partial charge in [-0.05, 0) is 42.0 Å². The van der Waals surface area contributed by atoms with Crippen LogP contribution in [0.5, 0.6) is 0 Å². The minimum absolute atomic E-state index is 0.242. The van der Waals surface area contributed by atoms with Crippen LogP contribution in [0.3, 0.4) is 0 Å². The van der Waals surface area contributed by atoms with Crippen LogP contribution < -0.4 is 5.32 Å². The fraction of sp³-hybridized carbons (Fsp3) is 0.0714. The summed E-state index contributed by atoms with van der Waals surface area (Å²) in [5.41, 5.74) is 1.96. The molecule has 2 nitrogen and oxygen atoms in total. The molecule has 0 radical (unpaired) electrons. The lowest BCUT2D eigenvalue weighted by molar-refractivity contribution is 0.102. The molecule has 1 N–H and O–H groups in total. The summed E-state index contributed by atoms with van der Waals surface area (Å²) in [5.74, 6) is -0.219. The van der Waals surface area contributed by atoms with Crippen molar-refractivity contribution >= 4 is 23.2 Å². The highest BCUT2D eigenvalue weighted by molar-refractivity contribution is 6.17. The molecule has 18 heavy (non-hydrogen) atoms. The van der Waals surface area contributed by atoms with Crippen LogP contribution in [0.2, 0.25) is 0 Å². The van der Waals surface area contributed by atoms with Gasteiger partial charge in [-0.15, -0.1) is 11.6 Å². The molecule has 4 heteroatoms. The quantitative estimate of drug-likeness (QED) is 0.838. The van der Waals surface area contributed by atoms with Crippen molar-refractivity contribution in [1.82, 2.24) is 0 Å². The number of anilines is 1. The first kappa shape index (κ1) is 12.6. The van der Waals surface area contributed by atoms with E-state index in [0.717, 1.165) is 5.56 Å². The van der Waals surface area contributed by atoms with Gasteiger partial charge in [0, 0.05) is 17.1 Å². The summed E-state index contributed by atoms with van der Waals surface area (Å²) >= 11 is 5.71. The van der Waals surface area contributed by atoms with Gasteiger partial charge >= 0.3 is 0 Å². The molecular formula is C14H11ClFNO. The Hall–Kier alpha value is -1.87. The number of alkyl halides is 1. The number of halogens is 2. The zero-order chi connectivity index (χ0) is 13.0. The second-order valence-corrected chi connectivity index (χ2v) is 4.06. The lowest BCUT2D eigenvalue weighted by Crippen LogP contribution is -2.11. The van der Waals surface area contributed by atoms with Gasteiger partial charge in [-0.25, -0.2) is 4.39 Å². The number of carbonyl (C=O) groups excluding carboxylic acids is 1.